The van der Waals surface area contributed by atoms with Crippen LogP contribution in [0.25, 0.3) is 0 Å². The number of aliphatic carboxylic acids is 1. The molecule has 2 rings (SSSR count). The second-order valence-electron chi connectivity index (χ2n) is 4.22. The molecule has 0 saturated heterocycles. The topological polar surface area (TPSA) is 132 Å². The van der Waals surface area contributed by atoms with Crippen LogP contribution in [-0.2, 0) is 11.2 Å². The number of H-pyrrole nitrogens is 2. The minimum absolute atomic E-state index is 0.115. The molecule has 1 aromatic heterocycles. The third-order valence-electron chi connectivity index (χ3n) is 2.57. The molecular formula is C13H11N3O5. The molecule has 4 N–H and O–H groups in total. The lowest BCUT2D eigenvalue weighted by molar-refractivity contribution is -0.136. The van der Waals surface area contributed by atoms with Gasteiger partial charge in [-0.25, -0.2) is 4.79 Å². The Hall–Kier alpha value is -3.16. The monoisotopic (exact) mass is 289 g/mol. The quantitative estimate of drug-likeness (QED) is 0.626. The molecule has 0 aliphatic rings. The fraction of sp³-hybridized carbons (Fsp3) is 0.0769. The van der Waals surface area contributed by atoms with Gasteiger partial charge in [0.15, 0.2) is 0 Å². The van der Waals surface area contributed by atoms with Crippen LogP contribution in [0.4, 0.5) is 5.69 Å². The third kappa shape index (κ3) is 3.90. The van der Waals surface area contributed by atoms with Crippen LogP contribution >= 0.6 is 0 Å². The van der Waals surface area contributed by atoms with Gasteiger partial charge in [0.25, 0.3) is 11.5 Å². The van der Waals surface area contributed by atoms with E-state index in [1.165, 1.54) is 12.1 Å². The second-order valence-corrected chi connectivity index (χ2v) is 4.22. The largest absolute Gasteiger partial charge is 0.481 e. The van der Waals surface area contributed by atoms with Crippen molar-refractivity contribution in [3.63, 3.8) is 0 Å². The van der Waals surface area contributed by atoms with E-state index in [-0.39, 0.29) is 12.1 Å². The molecule has 8 heteroatoms. The molecule has 8 nitrogen and oxygen atoms in total. The van der Waals surface area contributed by atoms with E-state index in [4.69, 9.17) is 5.11 Å². The highest BCUT2D eigenvalue weighted by Crippen LogP contribution is 2.10. The number of rotatable bonds is 4. The molecule has 108 valence electrons. The van der Waals surface area contributed by atoms with Crippen LogP contribution in [0.1, 0.15) is 16.1 Å². The second kappa shape index (κ2) is 5.87. The van der Waals surface area contributed by atoms with Crippen molar-refractivity contribution in [2.75, 3.05) is 5.32 Å². The Kier molecular flexibility index (Phi) is 3.98. The molecule has 0 unspecified atom stereocenters. The Bertz CT molecular complexity index is 760. The zero-order valence-corrected chi connectivity index (χ0v) is 10.7. The summed E-state index contributed by atoms with van der Waals surface area (Å²) in [7, 11) is 0. The van der Waals surface area contributed by atoms with E-state index < -0.39 is 23.1 Å². The maximum atomic E-state index is 11.9. The van der Waals surface area contributed by atoms with Crippen molar-refractivity contribution >= 4 is 17.6 Å². The summed E-state index contributed by atoms with van der Waals surface area (Å²) in [5.74, 6) is -1.60. The molecule has 0 fully saturated rings. The summed E-state index contributed by atoms with van der Waals surface area (Å²) in [4.78, 5) is 48.7. The number of carbonyl (C=O) groups excluding carboxylic acids is 1. The maximum absolute atomic E-state index is 11.9. The van der Waals surface area contributed by atoms with Gasteiger partial charge in [0.2, 0.25) is 0 Å². The van der Waals surface area contributed by atoms with Gasteiger partial charge in [-0.15, -0.1) is 0 Å². The minimum atomic E-state index is -0.951. The fourth-order valence-corrected chi connectivity index (χ4v) is 1.67. The van der Waals surface area contributed by atoms with Crippen LogP contribution in [0.3, 0.4) is 0 Å². The van der Waals surface area contributed by atoms with Crippen LogP contribution < -0.4 is 16.6 Å². The van der Waals surface area contributed by atoms with Crippen LogP contribution in [0.15, 0.2) is 39.9 Å². The molecule has 21 heavy (non-hydrogen) atoms. The number of carboxylic acids is 1. The lowest BCUT2D eigenvalue weighted by Crippen LogP contribution is -2.27. The average molecular weight is 289 g/mol. The lowest BCUT2D eigenvalue weighted by atomic mass is 10.1. The summed E-state index contributed by atoms with van der Waals surface area (Å²) < 4.78 is 0. The first-order valence-electron chi connectivity index (χ1n) is 5.90. The molecule has 0 atom stereocenters. The molecule has 0 saturated carbocycles. The first kappa shape index (κ1) is 14.3. The van der Waals surface area contributed by atoms with Crippen molar-refractivity contribution in [2.24, 2.45) is 0 Å². The fourth-order valence-electron chi connectivity index (χ4n) is 1.67. The van der Waals surface area contributed by atoms with Crippen LogP contribution in [0.5, 0.6) is 0 Å². The number of carboxylic acid groups (broad SMARTS) is 1. The van der Waals surface area contributed by atoms with Crippen molar-refractivity contribution in [3.8, 4) is 0 Å². The normalized spacial score (nSPS) is 10.1. The summed E-state index contributed by atoms with van der Waals surface area (Å²) in [5, 5.41) is 11.1. The van der Waals surface area contributed by atoms with Crippen molar-refractivity contribution in [1.82, 2.24) is 9.97 Å². The number of hydrogen-bond acceptors (Lipinski definition) is 4. The van der Waals surface area contributed by atoms with Crippen LogP contribution in [0, 0.1) is 0 Å². The Morgan fingerprint density at radius 3 is 2.33 bits per heavy atom. The van der Waals surface area contributed by atoms with Gasteiger partial charge in [-0.3, -0.25) is 19.4 Å². The number of amides is 1. The molecule has 1 amide bonds. The minimum Gasteiger partial charge on any atom is -0.481 e. The summed E-state index contributed by atoms with van der Waals surface area (Å²) in [6.07, 6.45) is -0.115. The molecule has 1 heterocycles. The summed E-state index contributed by atoms with van der Waals surface area (Å²) in [6.45, 7) is 0. The number of benzene rings is 1. The lowest BCUT2D eigenvalue weighted by Gasteiger charge is -2.05. The Morgan fingerprint density at radius 2 is 1.76 bits per heavy atom. The predicted molar refractivity (Wildman–Crippen MR) is 73.4 cm³/mol. The number of anilines is 1. The number of nitrogens with one attached hydrogen (secondary N) is 3. The highest BCUT2D eigenvalue weighted by atomic mass is 16.4. The SMILES string of the molecule is O=C(O)Cc1ccc(NC(=O)c2cc(=O)[nH]c(=O)[nH]2)cc1. The summed E-state index contributed by atoms with van der Waals surface area (Å²) >= 11 is 0. The number of aromatic nitrogens is 2. The van der Waals surface area contributed by atoms with Crippen LogP contribution in [0.2, 0.25) is 0 Å². The molecule has 0 aliphatic carbocycles. The van der Waals surface area contributed by atoms with E-state index in [9.17, 15) is 19.2 Å². The van der Waals surface area contributed by atoms with E-state index in [1.807, 2.05) is 4.98 Å². The highest BCUT2D eigenvalue weighted by molar-refractivity contribution is 6.02. The molecule has 0 bridgehead atoms. The van der Waals surface area contributed by atoms with Gasteiger partial charge in [0.1, 0.15) is 5.69 Å². The Morgan fingerprint density at radius 1 is 1.10 bits per heavy atom. The maximum Gasteiger partial charge on any atom is 0.326 e. The Labute approximate surface area is 117 Å². The predicted octanol–water partition coefficient (Wildman–Crippen LogP) is -0.0574. The van der Waals surface area contributed by atoms with E-state index >= 15 is 0 Å². The summed E-state index contributed by atoms with van der Waals surface area (Å²) in [5.41, 5.74) is -0.621. The zero-order chi connectivity index (χ0) is 15.4. The van der Waals surface area contributed by atoms with Gasteiger partial charge in [0.05, 0.1) is 6.42 Å². The van der Waals surface area contributed by atoms with Gasteiger partial charge >= 0.3 is 11.7 Å². The highest BCUT2D eigenvalue weighted by Gasteiger charge is 2.08. The number of hydrogen-bond donors (Lipinski definition) is 4. The summed E-state index contributed by atoms with van der Waals surface area (Å²) in [6, 6.07) is 7.15. The van der Waals surface area contributed by atoms with Crippen molar-refractivity contribution in [3.05, 3.63) is 62.4 Å². The van der Waals surface area contributed by atoms with E-state index in [0.717, 1.165) is 6.07 Å². The van der Waals surface area contributed by atoms with E-state index in [0.29, 0.717) is 11.3 Å². The van der Waals surface area contributed by atoms with Gasteiger partial charge in [-0.2, -0.15) is 0 Å². The molecule has 0 spiro atoms. The first-order valence-corrected chi connectivity index (χ1v) is 5.90. The van der Waals surface area contributed by atoms with Gasteiger partial charge in [0, 0.05) is 11.8 Å². The molecule has 2 aromatic rings. The zero-order valence-electron chi connectivity index (χ0n) is 10.7. The van der Waals surface area contributed by atoms with Crippen molar-refractivity contribution < 1.29 is 14.7 Å². The standard InChI is InChI=1S/C13H11N3O5/c17-10-6-9(15-13(21)16-10)12(20)14-8-3-1-7(2-4-8)5-11(18)19/h1-4,6H,5H2,(H,14,20)(H,18,19)(H2,15,16,17,21). The van der Waals surface area contributed by atoms with Gasteiger partial charge in [-0.1, -0.05) is 12.1 Å². The average Bonchev–Trinajstić information content (AvgIpc) is 2.39. The number of aromatic amines is 2. The number of carbonyl (C=O) groups is 2. The van der Waals surface area contributed by atoms with Crippen molar-refractivity contribution in [1.29, 1.82) is 0 Å². The molecular weight excluding hydrogens is 278 g/mol. The van der Waals surface area contributed by atoms with Gasteiger partial charge < -0.3 is 15.4 Å². The Balaban J connectivity index is 2.14. The molecule has 0 aliphatic heterocycles. The molecule has 1 aromatic carbocycles. The third-order valence-corrected chi connectivity index (χ3v) is 2.57. The van der Waals surface area contributed by atoms with E-state index in [2.05, 4.69) is 10.3 Å². The van der Waals surface area contributed by atoms with E-state index in [1.54, 1.807) is 12.1 Å². The van der Waals surface area contributed by atoms with Crippen LogP contribution in [-0.4, -0.2) is 27.0 Å². The van der Waals surface area contributed by atoms with Crippen molar-refractivity contribution in [2.45, 2.75) is 6.42 Å². The molecule has 0 radical (unpaired) electrons. The van der Waals surface area contributed by atoms with Gasteiger partial charge in [-0.05, 0) is 17.7 Å². The smallest absolute Gasteiger partial charge is 0.326 e. The first-order chi connectivity index (χ1) is 9.94.